The maximum atomic E-state index is 11.9. The fraction of sp³-hybridized carbons (Fsp3) is 0.571. The van der Waals surface area contributed by atoms with Crippen molar-refractivity contribution in [2.24, 2.45) is 0 Å². The molecule has 0 unspecified atom stereocenters. The molecule has 1 saturated heterocycles. The van der Waals surface area contributed by atoms with Crippen molar-refractivity contribution in [1.82, 2.24) is 9.80 Å². The van der Waals surface area contributed by atoms with Crippen molar-refractivity contribution in [3.8, 4) is 0 Å². The van der Waals surface area contributed by atoms with Crippen LogP contribution in [-0.4, -0.2) is 42.0 Å². The first kappa shape index (κ1) is 16.8. The summed E-state index contributed by atoms with van der Waals surface area (Å²) in [5.41, 5.74) is 2.68. The topological polar surface area (TPSA) is 36.7 Å². The van der Waals surface area contributed by atoms with E-state index in [1.165, 1.54) is 32.1 Å². The van der Waals surface area contributed by atoms with Crippen LogP contribution in [0.5, 0.6) is 0 Å². The van der Waals surface area contributed by atoms with E-state index in [-0.39, 0.29) is 5.63 Å². The maximum Gasteiger partial charge on any atom is 0.336 e. The van der Waals surface area contributed by atoms with Gasteiger partial charge in [-0.05, 0) is 37.0 Å². The first-order valence-corrected chi connectivity index (χ1v) is 9.69. The van der Waals surface area contributed by atoms with Crippen molar-refractivity contribution in [1.29, 1.82) is 0 Å². The molecule has 0 N–H and O–H groups in total. The van der Waals surface area contributed by atoms with Gasteiger partial charge in [0.05, 0.1) is 0 Å². The largest absolute Gasteiger partial charge is 0.423 e. The van der Waals surface area contributed by atoms with Crippen LogP contribution in [0.1, 0.15) is 43.2 Å². The van der Waals surface area contributed by atoms with E-state index in [0.29, 0.717) is 5.58 Å². The van der Waals surface area contributed by atoms with Gasteiger partial charge in [-0.2, -0.15) is 0 Å². The van der Waals surface area contributed by atoms with Crippen LogP contribution in [0.15, 0.2) is 33.5 Å². The third-order valence-corrected chi connectivity index (χ3v) is 5.88. The third kappa shape index (κ3) is 3.80. The van der Waals surface area contributed by atoms with Crippen molar-refractivity contribution in [3.05, 3.63) is 45.8 Å². The fourth-order valence-electron chi connectivity index (χ4n) is 4.44. The lowest BCUT2D eigenvalue weighted by Crippen LogP contribution is -2.50. The van der Waals surface area contributed by atoms with E-state index < -0.39 is 0 Å². The van der Waals surface area contributed by atoms with Crippen LogP contribution in [0.2, 0.25) is 0 Å². The summed E-state index contributed by atoms with van der Waals surface area (Å²) < 4.78 is 5.39. The van der Waals surface area contributed by atoms with E-state index in [0.717, 1.165) is 55.3 Å². The summed E-state index contributed by atoms with van der Waals surface area (Å²) in [6, 6.07) is 8.61. The van der Waals surface area contributed by atoms with E-state index in [9.17, 15) is 4.79 Å². The van der Waals surface area contributed by atoms with Gasteiger partial charge in [-0.15, -0.1) is 0 Å². The molecule has 25 heavy (non-hydrogen) atoms. The van der Waals surface area contributed by atoms with Crippen LogP contribution in [0.25, 0.3) is 11.0 Å². The second-order valence-corrected chi connectivity index (χ2v) is 7.69. The molecule has 0 amide bonds. The van der Waals surface area contributed by atoms with E-state index in [1.807, 2.05) is 13.0 Å². The van der Waals surface area contributed by atoms with E-state index in [4.69, 9.17) is 4.42 Å². The van der Waals surface area contributed by atoms with Gasteiger partial charge in [0, 0.05) is 50.2 Å². The molecule has 1 aromatic carbocycles. The fourth-order valence-corrected chi connectivity index (χ4v) is 4.44. The molecule has 1 aliphatic carbocycles. The summed E-state index contributed by atoms with van der Waals surface area (Å²) in [6.07, 6.45) is 6.97. The zero-order valence-corrected chi connectivity index (χ0v) is 15.2. The van der Waals surface area contributed by atoms with Gasteiger partial charge in [-0.25, -0.2) is 4.79 Å². The quantitative estimate of drug-likeness (QED) is 0.801. The Hall–Kier alpha value is -1.65. The Bertz CT molecular complexity index is 784. The average Bonchev–Trinajstić information content (AvgIpc) is 2.62. The minimum atomic E-state index is -0.242. The summed E-state index contributed by atoms with van der Waals surface area (Å²) >= 11 is 0. The summed E-state index contributed by atoms with van der Waals surface area (Å²) in [5.74, 6) is 0. The SMILES string of the molecule is Cc1ccc2c(CN3CCN(C4CCCCC4)CC3)cc(=O)oc2c1. The molecule has 0 spiro atoms. The molecular weight excluding hydrogens is 312 g/mol. The van der Waals surface area contributed by atoms with Gasteiger partial charge in [0.15, 0.2) is 0 Å². The molecule has 4 nitrogen and oxygen atoms in total. The van der Waals surface area contributed by atoms with Crippen LogP contribution in [0, 0.1) is 6.92 Å². The third-order valence-electron chi connectivity index (χ3n) is 5.88. The van der Waals surface area contributed by atoms with Gasteiger partial charge in [0.1, 0.15) is 5.58 Å². The number of hydrogen-bond acceptors (Lipinski definition) is 4. The van der Waals surface area contributed by atoms with Crippen LogP contribution in [0.3, 0.4) is 0 Å². The summed E-state index contributed by atoms with van der Waals surface area (Å²) in [7, 11) is 0. The van der Waals surface area contributed by atoms with Crippen LogP contribution >= 0.6 is 0 Å². The Morgan fingerprint density at radius 2 is 1.80 bits per heavy atom. The highest BCUT2D eigenvalue weighted by Gasteiger charge is 2.25. The van der Waals surface area contributed by atoms with Crippen molar-refractivity contribution in [2.45, 2.75) is 51.6 Å². The molecule has 2 aliphatic rings. The molecule has 2 heterocycles. The Morgan fingerprint density at radius 1 is 1.04 bits per heavy atom. The Kier molecular flexibility index (Phi) is 4.91. The minimum absolute atomic E-state index is 0.242. The van der Waals surface area contributed by atoms with Gasteiger partial charge in [0.2, 0.25) is 0 Å². The number of nitrogens with zero attached hydrogens (tertiary/aromatic N) is 2. The molecule has 0 bridgehead atoms. The van der Waals surface area contributed by atoms with E-state index in [2.05, 4.69) is 21.9 Å². The van der Waals surface area contributed by atoms with Crippen LogP contribution < -0.4 is 5.63 Å². The van der Waals surface area contributed by atoms with E-state index in [1.54, 1.807) is 6.07 Å². The lowest BCUT2D eigenvalue weighted by Gasteiger charge is -2.40. The molecule has 0 radical (unpaired) electrons. The molecule has 0 atom stereocenters. The molecule has 4 rings (SSSR count). The highest BCUT2D eigenvalue weighted by Crippen LogP contribution is 2.24. The standard InChI is InChI=1S/C21H28N2O2/c1-16-7-8-19-17(14-21(24)25-20(19)13-16)15-22-9-11-23(12-10-22)18-5-3-2-4-6-18/h7-8,13-14,18H,2-6,9-12,15H2,1H3. The number of benzene rings is 1. The number of fused-ring (bicyclic) bond motifs is 1. The zero-order chi connectivity index (χ0) is 17.2. The predicted molar refractivity (Wildman–Crippen MR) is 101 cm³/mol. The Labute approximate surface area is 149 Å². The minimum Gasteiger partial charge on any atom is -0.423 e. The molecule has 134 valence electrons. The summed E-state index contributed by atoms with van der Waals surface area (Å²) in [6.45, 7) is 7.35. The first-order chi connectivity index (χ1) is 12.2. The summed E-state index contributed by atoms with van der Waals surface area (Å²) in [4.78, 5) is 17.1. The molecule has 4 heteroatoms. The van der Waals surface area contributed by atoms with Crippen molar-refractivity contribution in [3.63, 3.8) is 0 Å². The highest BCUT2D eigenvalue weighted by atomic mass is 16.4. The molecule has 1 saturated carbocycles. The van der Waals surface area contributed by atoms with Gasteiger partial charge < -0.3 is 4.42 Å². The lowest BCUT2D eigenvalue weighted by molar-refractivity contribution is 0.0756. The smallest absolute Gasteiger partial charge is 0.336 e. The lowest BCUT2D eigenvalue weighted by atomic mass is 9.94. The van der Waals surface area contributed by atoms with Crippen molar-refractivity contribution in [2.75, 3.05) is 26.2 Å². The number of rotatable bonds is 3. The van der Waals surface area contributed by atoms with Gasteiger partial charge in [-0.1, -0.05) is 31.4 Å². The van der Waals surface area contributed by atoms with Gasteiger partial charge in [-0.3, -0.25) is 9.80 Å². The van der Waals surface area contributed by atoms with Crippen molar-refractivity contribution < 1.29 is 4.42 Å². The monoisotopic (exact) mass is 340 g/mol. The van der Waals surface area contributed by atoms with E-state index >= 15 is 0 Å². The number of piperazine rings is 1. The maximum absolute atomic E-state index is 11.9. The first-order valence-electron chi connectivity index (χ1n) is 9.69. The molecular formula is C21H28N2O2. The molecule has 1 aromatic heterocycles. The van der Waals surface area contributed by atoms with Crippen LogP contribution in [-0.2, 0) is 6.54 Å². The number of hydrogen-bond donors (Lipinski definition) is 0. The second kappa shape index (κ2) is 7.30. The second-order valence-electron chi connectivity index (χ2n) is 7.69. The normalized spacial score (nSPS) is 21.0. The zero-order valence-electron chi connectivity index (χ0n) is 15.2. The van der Waals surface area contributed by atoms with Gasteiger partial charge >= 0.3 is 5.63 Å². The van der Waals surface area contributed by atoms with Crippen molar-refractivity contribution >= 4 is 11.0 Å². The molecule has 2 aromatic rings. The predicted octanol–water partition coefficient (Wildman–Crippen LogP) is 3.55. The summed E-state index contributed by atoms with van der Waals surface area (Å²) in [5, 5.41) is 1.07. The van der Waals surface area contributed by atoms with Crippen LogP contribution in [0.4, 0.5) is 0 Å². The highest BCUT2D eigenvalue weighted by molar-refractivity contribution is 5.80. The average molecular weight is 340 g/mol. The Morgan fingerprint density at radius 3 is 2.56 bits per heavy atom. The molecule has 1 aliphatic heterocycles. The van der Waals surface area contributed by atoms with Gasteiger partial charge in [0.25, 0.3) is 0 Å². The number of aryl methyl sites for hydroxylation is 1. The molecule has 2 fully saturated rings. The Balaban J connectivity index is 1.45.